The quantitative estimate of drug-likeness (QED) is 0.211. The lowest BCUT2D eigenvalue weighted by Gasteiger charge is -2.28. The van der Waals surface area contributed by atoms with Crippen LogP contribution in [0.4, 0.5) is 13.2 Å². The highest BCUT2D eigenvalue weighted by molar-refractivity contribution is 6.59. The van der Waals surface area contributed by atoms with Crippen molar-refractivity contribution in [3.63, 3.8) is 0 Å². The zero-order valence-electron chi connectivity index (χ0n) is 20.9. The summed E-state index contributed by atoms with van der Waals surface area (Å²) >= 11 is 0. The fourth-order valence-electron chi connectivity index (χ4n) is 5.27. The molecule has 36 heavy (non-hydrogen) atoms. The lowest BCUT2D eigenvalue weighted by Crippen LogP contribution is -2.20. The normalized spacial score (nSPS) is 14.6. The fourth-order valence-corrected chi connectivity index (χ4v) is 8.28. The van der Waals surface area contributed by atoms with Crippen molar-refractivity contribution >= 4 is 8.80 Å². The molecule has 0 unspecified atom stereocenters. The van der Waals surface area contributed by atoms with Gasteiger partial charge in [0.25, 0.3) is 0 Å². The molecule has 0 saturated carbocycles. The number of benzene rings is 3. The molecule has 0 aliphatic carbocycles. The van der Waals surface area contributed by atoms with Crippen LogP contribution >= 0.6 is 0 Å². The highest BCUT2D eigenvalue weighted by atomic mass is 28.3. The van der Waals surface area contributed by atoms with Crippen LogP contribution in [-0.2, 0) is 12.8 Å². The van der Waals surface area contributed by atoms with Gasteiger partial charge in [-0.2, -0.15) is 5.26 Å². The standard InChI is InChI=1S/C31H33F3NSi/c1-2-3-4-15-36-16-13-24(14-17-36)26-11-12-27(31(34)20-26)25-9-7-22(8-10-25)5-6-23-18-29(32)28(21-35)30(33)19-23/h7-12,18-20,24H,2-6,13-17H2,1H3. The molecule has 0 N–H and O–H groups in total. The fraction of sp³-hybridized carbons (Fsp3) is 0.387. The summed E-state index contributed by atoms with van der Waals surface area (Å²) in [6.07, 6.45) is 7.45. The molecule has 5 heteroatoms. The van der Waals surface area contributed by atoms with Crippen LogP contribution in [0.5, 0.6) is 0 Å². The Hall–Kier alpha value is -2.84. The number of hydrogen-bond acceptors (Lipinski definition) is 1. The lowest BCUT2D eigenvalue weighted by molar-refractivity contribution is 0.573. The van der Waals surface area contributed by atoms with Crippen molar-refractivity contribution in [1.29, 1.82) is 5.26 Å². The number of aryl methyl sites for hydroxylation is 2. The largest absolute Gasteiger partial charge is 0.206 e. The Balaban J connectivity index is 1.35. The molecular weight excluding hydrogens is 471 g/mol. The molecule has 1 fully saturated rings. The van der Waals surface area contributed by atoms with Crippen molar-refractivity contribution in [3.8, 4) is 17.2 Å². The Kier molecular flexibility index (Phi) is 9.04. The average molecular weight is 505 g/mol. The van der Waals surface area contributed by atoms with Gasteiger partial charge in [-0.1, -0.05) is 80.7 Å². The van der Waals surface area contributed by atoms with E-state index in [1.165, 1.54) is 62.4 Å². The summed E-state index contributed by atoms with van der Waals surface area (Å²) in [6.45, 7) is 2.26. The van der Waals surface area contributed by atoms with Crippen molar-refractivity contribution in [3.05, 3.63) is 94.3 Å². The molecule has 187 valence electrons. The molecule has 1 saturated heterocycles. The number of rotatable bonds is 9. The van der Waals surface area contributed by atoms with Crippen molar-refractivity contribution < 1.29 is 13.2 Å². The van der Waals surface area contributed by atoms with E-state index in [0.717, 1.165) is 16.7 Å². The summed E-state index contributed by atoms with van der Waals surface area (Å²) in [5.74, 6) is -1.36. The third kappa shape index (κ3) is 6.47. The average Bonchev–Trinajstić information content (AvgIpc) is 2.88. The summed E-state index contributed by atoms with van der Waals surface area (Å²) in [7, 11) is -0.198. The Morgan fingerprint density at radius 3 is 2.11 bits per heavy atom. The second-order valence-corrected chi connectivity index (χ2v) is 13.0. The van der Waals surface area contributed by atoms with Crippen molar-refractivity contribution in [2.45, 2.75) is 75.9 Å². The second kappa shape index (κ2) is 12.4. The molecule has 3 aromatic carbocycles. The molecule has 3 aromatic rings. The minimum atomic E-state index is -0.830. The summed E-state index contributed by atoms with van der Waals surface area (Å²) in [5, 5.41) is 8.81. The van der Waals surface area contributed by atoms with Gasteiger partial charge < -0.3 is 0 Å². The highest BCUT2D eigenvalue weighted by Gasteiger charge is 2.24. The zero-order chi connectivity index (χ0) is 25.5. The van der Waals surface area contributed by atoms with E-state index in [0.29, 0.717) is 29.9 Å². The van der Waals surface area contributed by atoms with Gasteiger partial charge >= 0.3 is 0 Å². The molecule has 1 nitrogen and oxygen atoms in total. The summed E-state index contributed by atoms with van der Waals surface area (Å²) in [4.78, 5) is 0. The van der Waals surface area contributed by atoms with Gasteiger partial charge in [-0.15, -0.1) is 0 Å². The van der Waals surface area contributed by atoms with E-state index in [4.69, 9.17) is 5.26 Å². The molecule has 0 bridgehead atoms. The van der Waals surface area contributed by atoms with Crippen LogP contribution in [-0.4, -0.2) is 8.80 Å². The highest BCUT2D eigenvalue weighted by Crippen LogP contribution is 2.37. The second-order valence-electron chi connectivity index (χ2n) is 9.96. The van der Waals surface area contributed by atoms with E-state index in [-0.39, 0.29) is 14.6 Å². The lowest BCUT2D eigenvalue weighted by atomic mass is 9.91. The molecule has 1 aliphatic rings. The number of hydrogen-bond donors (Lipinski definition) is 0. The molecule has 0 spiro atoms. The van der Waals surface area contributed by atoms with Crippen molar-refractivity contribution in [2.24, 2.45) is 0 Å². The van der Waals surface area contributed by atoms with Crippen LogP contribution in [0.2, 0.25) is 18.1 Å². The van der Waals surface area contributed by atoms with Gasteiger partial charge in [-0.05, 0) is 72.1 Å². The maximum absolute atomic E-state index is 15.1. The number of unbranched alkanes of at least 4 members (excludes halogenated alkanes) is 2. The van der Waals surface area contributed by atoms with Crippen LogP contribution in [0.3, 0.4) is 0 Å². The first kappa shape index (κ1) is 26.2. The number of nitrogens with zero attached hydrogens (tertiary/aromatic N) is 1. The van der Waals surface area contributed by atoms with E-state index in [1.807, 2.05) is 30.3 Å². The molecule has 0 amide bonds. The maximum Gasteiger partial charge on any atom is 0.144 e. The van der Waals surface area contributed by atoms with Gasteiger partial charge in [0, 0.05) is 14.4 Å². The molecule has 0 aromatic heterocycles. The van der Waals surface area contributed by atoms with Gasteiger partial charge in [0.05, 0.1) is 0 Å². The third-order valence-electron chi connectivity index (χ3n) is 7.47. The smallest absolute Gasteiger partial charge is 0.144 e. The Labute approximate surface area is 214 Å². The zero-order valence-corrected chi connectivity index (χ0v) is 21.9. The summed E-state index contributed by atoms with van der Waals surface area (Å²) < 4.78 is 42.8. The first-order chi connectivity index (χ1) is 17.5. The molecule has 0 atom stereocenters. The molecule has 1 heterocycles. The molecule has 1 radical (unpaired) electrons. The number of halogens is 3. The van der Waals surface area contributed by atoms with Crippen molar-refractivity contribution in [2.75, 3.05) is 0 Å². The summed E-state index contributed by atoms with van der Waals surface area (Å²) in [5.41, 5.74) is 3.51. The molecule has 4 rings (SSSR count). The Morgan fingerprint density at radius 1 is 0.833 bits per heavy atom. The third-order valence-corrected chi connectivity index (χ3v) is 10.5. The first-order valence-corrected chi connectivity index (χ1v) is 15.2. The van der Waals surface area contributed by atoms with E-state index in [1.54, 1.807) is 12.1 Å². The van der Waals surface area contributed by atoms with Crippen LogP contribution in [0.1, 0.15) is 67.2 Å². The van der Waals surface area contributed by atoms with E-state index < -0.39 is 17.2 Å². The predicted molar refractivity (Wildman–Crippen MR) is 142 cm³/mol. The summed E-state index contributed by atoms with van der Waals surface area (Å²) in [6, 6.07) is 21.5. The first-order valence-electron chi connectivity index (χ1n) is 13.1. The topological polar surface area (TPSA) is 23.8 Å². The SMILES string of the molecule is CCCCC[Si]1CCC(c2ccc(-c3ccc(CCc4cc(F)c(C#N)c(F)c4)cc3)c(F)c2)CC1. The molecule has 1 aliphatic heterocycles. The Morgan fingerprint density at radius 2 is 1.50 bits per heavy atom. The van der Waals surface area contributed by atoms with E-state index >= 15 is 4.39 Å². The minimum absolute atomic E-state index is 0.178. The van der Waals surface area contributed by atoms with Gasteiger partial charge in [-0.25, -0.2) is 13.2 Å². The van der Waals surface area contributed by atoms with Gasteiger partial charge in [0.15, 0.2) is 0 Å². The van der Waals surface area contributed by atoms with E-state index in [9.17, 15) is 8.78 Å². The van der Waals surface area contributed by atoms with Gasteiger partial charge in [-0.3, -0.25) is 0 Å². The van der Waals surface area contributed by atoms with Crippen LogP contribution < -0.4 is 0 Å². The maximum atomic E-state index is 15.1. The van der Waals surface area contributed by atoms with Crippen molar-refractivity contribution in [1.82, 2.24) is 0 Å². The molecular formula is C31H33F3NSi. The van der Waals surface area contributed by atoms with Crippen LogP contribution in [0.15, 0.2) is 54.6 Å². The predicted octanol–water partition coefficient (Wildman–Crippen LogP) is 8.99. The Bertz CT molecular complexity index is 1180. The van der Waals surface area contributed by atoms with E-state index in [2.05, 4.69) is 13.0 Å². The van der Waals surface area contributed by atoms with Crippen LogP contribution in [0.25, 0.3) is 11.1 Å². The number of nitriles is 1. The van der Waals surface area contributed by atoms with Crippen LogP contribution in [0, 0.1) is 28.8 Å². The minimum Gasteiger partial charge on any atom is -0.206 e. The van der Waals surface area contributed by atoms with Gasteiger partial charge in [0.2, 0.25) is 0 Å². The van der Waals surface area contributed by atoms with Gasteiger partial charge in [0.1, 0.15) is 29.1 Å². The monoisotopic (exact) mass is 504 g/mol.